The van der Waals surface area contributed by atoms with Crippen LogP contribution in [0.4, 0.5) is 0 Å². The van der Waals surface area contributed by atoms with Gasteiger partial charge in [-0.05, 0) is 95.1 Å². The summed E-state index contributed by atoms with van der Waals surface area (Å²) in [5.74, 6) is -0.273. The Morgan fingerprint density at radius 2 is 1.47 bits per heavy atom. The molecule has 2 aliphatic rings. The summed E-state index contributed by atoms with van der Waals surface area (Å²) < 4.78 is 44.6. The maximum absolute atomic E-state index is 13.7. The zero-order chi connectivity index (χ0) is 31.9. The normalized spacial score (nSPS) is 17.9. The summed E-state index contributed by atoms with van der Waals surface area (Å²) in [6.07, 6.45) is -0.322. The number of aliphatic hydroxyl groups is 1. The second-order valence-electron chi connectivity index (χ2n) is 11.8. The summed E-state index contributed by atoms with van der Waals surface area (Å²) in [4.78, 5) is 13.7. The van der Waals surface area contributed by atoms with Crippen molar-refractivity contribution in [2.45, 2.75) is 72.1 Å². The fraction of sp³-hybridized carbons (Fsp3) is 0.382. The van der Waals surface area contributed by atoms with Gasteiger partial charge in [-0.3, -0.25) is 0 Å². The number of rotatable bonds is 10. The van der Waals surface area contributed by atoms with E-state index in [9.17, 15) is 9.90 Å². The summed E-state index contributed by atoms with van der Waals surface area (Å²) in [6.45, 7) is 12.4. The van der Waals surface area contributed by atoms with Gasteiger partial charge >= 0.3 is 5.97 Å². The second-order valence-corrected chi connectivity index (χ2v) is 12.3. The van der Waals surface area contributed by atoms with E-state index < -0.39 is 11.8 Å². The fourth-order valence-electron chi connectivity index (χ4n) is 5.44. The van der Waals surface area contributed by atoms with Crippen molar-refractivity contribution < 1.29 is 38.3 Å². The van der Waals surface area contributed by atoms with Crippen molar-refractivity contribution in [1.82, 2.24) is 8.75 Å². The molecule has 1 aromatic heterocycles. The van der Waals surface area contributed by atoms with Crippen molar-refractivity contribution in [2.24, 2.45) is 0 Å². The van der Waals surface area contributed by atoms with Crippen molar-refractivity contribution >= 4 is 34.3 Å². The average Bonchev–Trinajstić information content (AvgIpc) is 3.55. The molecule has 45 heavy (non-hydrogen) atoms. The molecule has 3 aromatic carbocycles. The molecule has 0 saturated heterocycles. The first kappa shape index (κ1) is 30.7. The molecule has 3 heterocycles. The number of carbonyl (C=O) groups excluding carboxylic acids is 1. The fourth-order valence-corrected chi connectivity index (χ4v) is 5.95. The summed E-state index contributed by atoms with van der Waals surface area (Å²) in [7, 11) is 0. The number of aromatic nitrogens is 2. The van der Waals surface area contributed by atoms with Gasteiger partial charge in [-0.25, -0.2) is 4.79 Å². The molecule has 236 valence electrons. The van der Waals surface area contributed by atoms with Crippen LogP contribution in [0, 0.1) is 0 Å². The molecular weight excluding hydrogens is 596 g/mol. The number of cyclic esters (lactones) is 1. The Labute approximate surface area is 265 Å². The van der Waals surface area contributed by atoms with Crippen molar-refractivity contribution in [2.75, 3.05) is 13.2 Å². The van der Waals surface area contributed by atoms with Crippen LogP contribution >= 0.6 is 11.7 Å². The first-order valence-electron chi connectivity index (χ1n) is 15.0. The Kier molecular flexibility index (Phi) is 8.32. The quantitative estimate of drug-likeness (QED) is 0.202. The number of hydrogen-bond acceptors (Lipinski definition) is 11. The lowest BCUT2D eigenvalue weighted by molar-refractivity contribution is -0.185. The van der Waals surface area contributed by atoms with Gasteiger partial charge in [0.1, 0.15) is 24.2 Å². The largest absolute Gasteiger partial charge is 0.487 e. The van der Waals surface area contributed by atoms with Crippen LogP contribution in [-0.4, -0.2) is 51.3 Å². The standard InChI is InChI=1S/C34H36N2O8S/c1-18(2)41-29-14-21(15-30(42-19(3)4)32(29)43-20(5)6)13-24-31(22-7-9-25-26(16-22)36-45-35-25)33(37)44-34(24,38)23-8-10-27-28(17-23)40-12-11-39-27/h7-10,14-20,38H,11-13H2,1-6H3. The number of hydrogen-bond donors (Lipinski definition) is 1. The molecule has 0 amide bonds. The van der Waals surface area contributed by atoms with Crippen LogP contribution in [0.25, 0.3) is 16.6 Å². The SMILES string of the molecule is CC(C)Oc1cc(CC2=C(c3ccc4nsnc4c3)C(=O)OC2(O)c2ccc3c(c2)OCCO3)cc(OC(C)C)c1OC(C)C. The number of carbonyl (C=O) groups is 1. The van der Waals surface area contributed by atoms with Gasteiger partial charge in [0.05, 0.1) is 35.6 Å². The molecule has 0 bridgehead atoms. The molecule has 6 rings (SSSR count). The molecule has 4 aromatic rings. The van der Waals surface area contributed by atoms with E-state index in [-0.39, 0.29) is 30.3 Å². The highest BCUT2D eigenvalue weighted by Crippen LogP contribution is 2.48. The minimum Gasteiger partial charge on any atom is -0.487 e. The van der Waals surface area contributed by atoms with Crippen molar-refractivity contribution in [3.8, 4) is 28.7 Å². The molecule has 0 aliphatic carbocycles. The Balaban J connectivity index is 1.54. The predicted molar refractivity (Wildman–Crippen MR) is 169 cm³/mol. The van der Waals surface area contributed by atoms with E-state index >= 15 is 0 Å². The van der Waals surface area contributed by atoms with Crippen LogP contribution in [0.3, 0.4) is 0 Å². The number of nitrogens with zero attached hydrogens (tertiary/aromatic N) is 2. The van der Waals surface area contributed by atoms with E-state index in [1.54, 1.807) is 36.4 Å². The third-order valence-electron chi connectivity index (χ3n) is 7.17. The monoisotopic (exact) mass is 632 g/mol. The van der Waals surface area contributed by atoms with E-state index in [1.165, 1.54) is 0 Å². The summed E-state index contributed by atoms with van der Waals surface area (Å²) in [5.41, 5.74) is 3.54. The highest BCUT2D eigenvalue weighted by Gasteiger charge is 2.48. The molecule has 0 saturated carbocycles. The van der Waals surface area contributed by atoms with Gasteiger partial charge in [-0.2, -0.15) is 8.75 Å². The summed E-state index contributed by atoms with van der Waals surface area (Å²) >= 11 is 1.09. The van der Waals surface area contributed by atoms with Crippen molar-refractivity contribution in [3.63, 3.8) is 0 Å². The van der Waals surface area contributed by atoms with Crippen LogP contribution in [0.1, 0.15) is 58.2 Å². The molecule has 2 aliphatic heterocycles. The average molecular weight is 633 g/mol. The number of fused-ring (bicyclic) bond motifs is 2. The van der Waals surface area contributed by atoms with E-state index in [2.05, 4.69) is 8.75 Å². The summed E-state index contributed by atoms with van der Waals surface area (Å²) in [6, 6.07) is 14.1. The van der Waals surface area contributed by atoms with E-state index in [4.69, 9.17) is 28.4 Å². The highest BCUT2D eigenvalue weighted by molar-refractivity contribution is 7.00. The van der Waals surface area contributed by atoms with Crippen molar-refractivity contribution in [3.05, 3.63) is 70.8 Å². The van der Waals surface area contributed by atoms with E-state index in [0.717, 1.165) is 17.3 Å². The van der Waals surface area contributed by atoms with Gasteiger partial charge < -0.3 is 33.5 Å². The smallest absolute Gasteiger partial charge is 0.342 e. The van der Waals surface area contributed by atoms with Crippen LogP contribution in [0.15, 0.2) is 54.1 Å². The second kappa shape index (κ2) is 12.2. The molecule has 11 heteroatoms. The third-order valence-corrected chi connectivity index (χ3v) is 7.73. The van der Waals surface area contributed by atoms with Gasteiger partial charge in [0.25, 0.3) is 5.79 Å². The van der Waals surface area contributed by atoms with E-state index in [1.807, 2.05) is 53.7 Å². The molecule has 10 nitrogen and oxygen atoms in total. The first-order chi connectivity index (χ1) is 21.5. The van der Waals surface area contributed by atoms with Crippen LogP contribution in [0.5, 0.6) is 28.7 Å². The third kappa shape index (κ3) is 6.14. The molecule has 0 spiro atoms. The minimum atomic E-state index is -2.11. The zero-order valence-electron chi connectivity index (χ0n) is 26.1. The number of esters is 1. The van der Waals surface area contributed by atoms with Crippen LogP contribution in [0.2, 0.25) is 0 Å². The highest BCUT2D eigenvalue weighted by atomic mass is 32.1. The van der Waals surface area contributed by atoms with Gasteiger partial charge in [0.15, 0.2) is 23.0 Å². The molecule has 1 atom stereocenters. The predicted octanol–water partition coefficient (Wildman–Crippen LogP) is 6.22. The molecule has 0 radical (unpaired) electrons. The van der Waals surface area contributed by atoms with Gasteiger partial charge in [-0.1, -0.05) is 6.07 Å². The lowest BCUT2D eigenvalue weighted by Crippen LogP contribution is -2.30. The Bertz CT molecular complexity index is 1750. The summed E-state index contributed by atoms with van der Waals surface area (Å²) in [5, 5.41) is 12.4. The van der Waals surface area contributed by atoms with E-state index in [0.29, 0.717) is 69.7 Å². The topological polar surface area (TPSA) is 118 Å². The Morgan fingerprint density at radius 1 is 0.822 bits per heavy atom. The lowest BCUT2D eigenvalue weighted by atomic mass is 9.87. The minimum absolute atomic E-state index is 0.115. The van der Waals surface area contributed by atoms with Crippen LogP contribution in [-0.2, 0) is 21.7 Å². The maximum atomic E-state index is 13.7. The maximum Gasteiger partial charge on any atom is 0.342 e. The Morgan fingerprint density at radius 3 is 2.13 bits per heavy atom. The van der Waals surface area contributed by atoms with Gasteiger partial charge in [0.2, 0.25) is 5.75 Å². The zero-order valence-corrected chi connectivity index (χ0v) is 26.9. The van der Waals surface area contributed by atoms with Crippen LogP contribution < -0.4 is 23.7 Å². The number of ether oxygens (including phenoxy) is 6. The van der Waals surface area contributed by atoms with Crippen molar-refractivity contribution in [1.29, 1.82) is 0 Å². The molecule has 1 N–H and O–H groups in total. The Hall–Kier alpha value is -4.35. The van der Waals surface area contributed by atoms with Gasteiger partial charge in [-0.15, -0.1) is 0 Å². The lowest BCUT2D eigenvalue weighted by Gasteiger charge is -2.28. The number of benzene rings is 3. The van der Waals surface area contributed by atoms with Gasteiger partial charge in [0, 0.05) is 17.6 Å². The first-order valence-corrected chi connectivity index (χ1v) is 15.7. The molecular formula is C34H36N2O8S. The molecule has 0 fully saturated rings. The molecule has 1 unspecified atom stereocenters.